The minimum atomic E-state index is -1.32. The maximum atomic E-state index is 14.4. The van der Waals surface area contributed by atoms with E-state index in [0.717, 1.165) is 6.29 Å². The fourth-order valence-electron chi connectivity index (χ4n) is 1.87. The summed E-state index contributed by atoms with van der Waals surface area (Å²) in [5.41, 5.74) is -0.205. The topological polar surface area (TPSA) is 26.3 Å². The van der Waals surface area contributed by atoms with Crippen molar-refractivity contribution in [2.24, 2.45) is 0 Å². The molecule has 0 saturated carbocycles. The first-order valence-corrected chi connectivity index (χ1v) is 5.07. The SMILES string of the molecule is O=Cc1cccc(C2(F)CCOCC2)c1. The highest BCUT2D eigenvalue weighted by Gasteiger charge is 2.34. The van der Waals surface area contributed by atoms with Crippen molar-refractivity contribution in [2.75, 3.05) is 13.2 Å². The van der Waals surface area contributed by atoms with Crippen molar-refractivity contribution in [3.8, 4) is 0 Å². The molecule has 1 heterocycles. The molecule has 0 N–H and O–H groups in total. The second-order valence-corrected chi connectivity index (χ2v) is 3.82. The second kappa shape index (κ2) is 4.11. The molecule has 1 fully saturated rings. The van der Waals surface area contributed by atoms with Crippen molar-refractivity contribution in [1.82, 2.24) is 0 Å². The molecule has 1 aliphatic rings. The van der Waals surface area contributed by atoms with Crippen LogP contribution in [0.2, 0.25) is 0 Å². The van der Waals surface area contributed by atoms with Crippen LogP contribution in [-0.2, 0) is 10.4 Å². The van der Waals surface area contributed by atoms with Crippen molar-refractivity contribution >= 4 is 6.29 Å². The molecule has 0 atom stereocenters. The van der Waals surface area contributed by atoms with E-state index in [2.05, 4.69) is 0 Å². The van der Waals surface area contributed by atoms with Gasteiger partial charge in [-0.3, -0.25) is 4.79 Å². The van der Waals surface area contributed by atoms with E-state index in [9.17, 15) is 9.18 Å². The Balaban J connectivity index is 2.30. The molecule has 0 spiro atoms. The lowest BCUT2D eigenvalue weighted by Gasteiger charge is -2.30. The van der Waals surface area contributed by atoms with Crippen LogP contribution in [0.3, 0.4) is 0 Å². The summed E-state index contributed by atoms with van der Waals surface area (Å²) >= 11 is 0. The molecule has 0 amide bonds. The first-order valence-electron chi connectivity index (χ1n) is 5.07. The average molecular weight is 208 g/mol. The van der Waals surface area contributed by atoms with Gasteiger partial charge >= 0.3 is 0 Å². The lowest BCUT2D eigenvalue weighted by molar-refractivity contribution is -0.0115. The molecule has 1 aliphatic heterocycles. The van der Waals surface area contributed by atoms with Crippen LogP contribution in [0.4, 0.5) is 4.39 Å². The van der Waals surface area contributed by atoms with Gasteiger partial charge in [0.1, 0.15) is 12.0 Å². The van der Waals surface area contributed by atoms with Crippen LogP contribution in [0.5, 0.6) is 0 Å². The number of hydrogen-bond acceptors (Lipinski definition) is 2. The van der Waals surface area contributed by atoms with E-state index in [0.29, 0.717) is 37.2 Å². The van der Waals surface area contributed by atoms with Gasteiger partial charge in [-0.25, -0.2) is 4.39 Å². The molecule has 0 bridgehead atoms. The van der Waals surface area contributed by atoms with Gasteiger partial charge in [0.05, 0.1) is 0 Å². The van der Waals surface area contributed by atoms with E-state index < -0.39 is 5.67 Å². The van der Waals surface area contributed by atoms with Gasteiger partial charge in [-0.2, -0.15) is 0 Å². The fourth-order valence-corrected chi connectivity index (χ4v) is 1.87. The summed E-state index contributed by atoms with van der Waals surface area (Å²) in [5, 5.41) is 0. The maximum absolute atomic E-state index is 14.4. The Labute approximate surface area is 88.1 Å². The molecule has 1 aromatic carbocycles. The Bertz CT molecular complexity index is 356. The summed E-state index contributed by atoms with van der Waals surface area (Å²) in [6.45, 7) is 0.892. The second-order valence-electron chi connectivity index (χ2n) is 3.82. The third kappa shape index (κ3) is 2.07. The molecule has 1 saturated heterocycles. The molecule has 1 aromatic rings. The number of hydrogen-bond donors (Lipinski definition) is 0. The van der Waals surface area contributed by atoms with Crippen LogP contribution in [-0.4, -0.2) is 19.5 Å². The normalized spacial score (nSPS) is 19.8. The summed E-state index contributed by atoms with van der Waals surface area (Å²) in [6, 6.07) is 6.76. The predicted molar refractivity (Wildman–Crippen MR) is 54.7 cm³/mol. The van der Waals surface area contributed by atoms with E-state index in [4.69, 9.17) is 4.74 Å². The number of benzene rings is 1. The van der Waals surface area contributed by atoms with E-state index in [1.165, 1.54) is 0 Å². The van der Waals surface area contributed by atoms with Gasteiger partial charge in [-0.05, 0) is 11.6 Å². The molecular formula is C12H13FO2. The van der Waals surface area contributed by atoms with Crippen LogP contribution in [0, 0.1) is 0 Å². The standard InChI is InChI=1S/C12H13FO2/c13-12(4-6-15-7-5-12)11-3-1-2-10(8-11)9-14/h1-3,8-9H,4-7H2. The molecule has 15 heavy (non-hydrogen) atoms. The number of carbonyl (C=O) groups excluding carboxylic acids is 1. The molecule has 3 heteroatoms. The first-order chi connectivity index (χ1) is 7.24. The van der Waals surface area contributed by atoms with Crippen molar-refractivity contribution in [1.29, 1.82) is 0 Å². The van der Waals surface area contributed by atoms with Crippen LogP contribution in [0.15, 0.2) is 24.3 Å². The lowest BCUT2D eigenvalue weighted by atomic mass is 9.87. The van der Waals surface area contributed by atoms with Gasteiger partial charge in [-0.15, -0.1) is 0 Å². The Morgan fingerprint density at radius 2 is 2.07 bits per heavy atom. The van der Waals surface area contributed by atoms with E-state index in [1.807, 2.05) is 0 Å². The van der Waals surface area contributed by atoms with Crippen LogP contribution in [0.1, 0.15) is 28.8 Å². The fraction of sp³-hybridized carbons (Fsp3) is 0.417. The Morgan fingerprint density at radius 1 is 1.33 bits per heavy atom. The van der Waals surface area contributed by atoms with E-state index >= 15 is 0 Å². The number of halogens is 1. The van der Waals surface area contributed by atoms with E-state index in [-0.39, 0.29) is 0 Å². The molecule has 0 aromatic heterocycles. The van der Waals surface area contributed by atoms with Crippen molar-refractivity contribution in [3.63, 3.8) is 0 Å². The minimum absolute atomic E-state index is 0.370. The quantitative estimate of drug-likeness (QED) is 0.698. The molecule has 0 aliphatic carbocycles. The summed E-state index contributed by atoms with van der Waals surface area (Å²) in [4.78, 5) is 10.6. The highest BCUT2D eigenvalue weighted by molar-refractivity contribution is 5.75. The van der Waals surface area contributed by atoms with Crippen molar-refractivity contribution < 1.29 is 13.9 Å². The minimum Gasteiger partial charge on any atom is -0.381 e. The zero-order valence-electron chi connectivity index (χ0n) is 8.41. The van der Waals surface area contributed by atoms with Gasteiger partial charge in [0.15, 0.2) is 0 Å². The summed E-state index contributed by atoms with van der Waals surface area (Å²) < 4.78 is 19.6. The average Bonchev–Trinajstić information content (AvgIpc) is 2.30. The molecule has 0 radical (unpaired) electrons. The van der Waals surface area contributed by atoms with Gasteiger partial charge in [-0.1, -0.05) is 18.2 Å². The smallest absolute Gasteiger partial charge is 0.150 e. The Kier molecular flexibility index (Phi) is 2.82. The first kappa shape index (κ1) is 10.3. The highest BCUT2D eigenvalue weighted by Crippen LogP contribution is 2.36. The maximum Gasteiger partial charge on any atom is 0.150 e. The van der Waals surface area contributed by atoms with E-state index in [1.54, 1.807) is 24.3 Å². The third-order valence-electron chi connectivity index (χ3n) is 2.83. The number of rotatable bonds is 2. The van der Waals surface area contributed by atoms with Crippen molar-refractivity contribution in [2.45, 2.75) is 18.5 Å². The Morgan fingerprint density at radius 3 is 2.73 bits per heavy atom. The zero-order valence-corrected chi connectivity index (χ0v) is 8.41. The third-order valence-corrected chi connectivity index (χ3v) is 2.83. The monoisotopic (exact) mass is 208 g/mol. The zero-order chi connectivity index (χ0) is 10.7. The molecular weight excluding hydrogens is 195 g/mol. The Hall–Kier alpha value is -1.22. The number of alkyl halides is 1. The van der Waals surface area contributed by atoms with Gasteiger partial charge in [0, 0.05) is 31.6 Å². The lowest BCUT2D eigenvalue weighted by Crippen LogP contribution is -2.29. The summed E-state index contributed by atoms with van der Waals surface area (Å²) in [6.07, 6.45) is 1.48. The summed E-state index contributed by atoms with van der Waals surface area (Å²) in [7, 11) is 0. The van der Waals surface area contributed by atoms with Gasteiger partial charge in [0.25, 0.3) is 0 Å². The van der Waals surface area contributed by atoms with Crippen LogP contribution < -0.4 is 0 Å². The molecule has 2 nitrogen and oxygen atoms in total. The van der Waals surface area contributed by atoms with Crippen LogP contribution in [0.25, 0.3) is 0 Å². The van der Waals surface area contributed by atoms with Gasteiger partial charge < -0.3 is 4.74 Å². The largest absolute Gasteiger partial charge is 0.381 e. The highest BCUT2D eigenvalue weighted by atomic mass is 19.1. The molecule has 0 unspecified atom stereocenters. The van der Waals surface area contributed by atoms with Gasteiger partial charge in [0.2, 0.25) is 0 Å². The van der Waals surface area contributed by atoms with Crippen molar-refractivity contribution in [3.05, 3.63) is 35.4 Å². The number of aldehydes is 1. The van der Waals surface area contributed by atoms with Crippen LogP contribution >= 0.6 is 0 Å². The molecule has 80 valence electrons. The molecule has 2 rings (SSSR count). The predicted octanol–water partition coefficient (Wildman–Crippen LogP) is 2.47. The summed E-state index contributed by atoms with van der Waals surface area (Å²) in [5.74, 6) is 0. The number of ether oxygens (including phenoxy) is 1. The number of carbonyl (C=O) groups is 1.